The van der Waals surface area contributed by atoms with Crippen LogP contribution in [0.3, 0.4) is 0 Å². The fraction of sp³-hybridized carbons (Fsp3) is 0.462. The zero-order valence-corrected chi connectivity index (χ0v) is 11.2. The number of aromatic amines is 1. The van der Waals surface area contributed by atoms with Gasteiger partial charge in [0.25, 0.3) is 5.91 Å². The van der Waals surface area contributed by atoms with Crippen molar-refractivity contribution in [1.82, 2.24) is 25.2 Å². The van der Waals surface area contributed by atoms with E-state index in [9.17, 15) is 9.90 Å². The van der Waals surface area contributed by atoms with Crippen LogP contribution in [0.15, 0.2) is 18.6 Å². The highest BCUT2D eigenvalue weighted by atomic mass is 16.3. The van der Waals surface area contributed by atoms with Crippen molar-refractivity contribution in [2.75, 3.05) is 20.1 Å². The van der Waals surface area contributed by atoms with Gasteiger partial charge >= 0.3 is 0 Å². The molecule has 1 aliphatic heterocycles. The summed E-state index contributed by atoms with van der Waals surface area (Å²) in [7, 11) is 1.95. The molecule has 106 valence electrons. The first-order valence-electron chi connectivity index (χ1n) is 6.59. The van der Waals surface area contributed by atoms with Gasteiger partial charge < -0.3 is 15.4 Å². The molecule has 1 amide bonds. The molecule has 7 nitrogen and oxygen atoms in total. The fourth-order valence-corrected chi connectivity index (χ4v) is 2.64. The fourth-order valence-electron chi connectivity index (χ4n) is 2.64. The maximum atomic E-state index is 12.2. The van der Waals surface area contributed by atoms with Crippen molar-refractivity contribution >= 4 is 16.9 Å². The second-order valence-corrected chi connectivity index (χ2v) is 5.16. The van der Waals surface area contributed by atoms with E-state index in [1.807, 2.05) is 7.05 Å². The molecule has 20 heavy (non-hydrogen) atoms. The quantitative estimate of drug-likeness (QED) is 0.718. The molecule has 0 spiro atoms. The molecular formula is C13H17N5O2. The van der Waals surface area contributed by atoms with Gasteiger partial charge in [-0.15, -0.1) is 0 Å². The second kappa shape index (κ2) is 5.18. The number of carbonyl (C=O) groups is 1. The number of carbonyl (C=O) groups excluding carboxylic acids is 1. The highest BCUT2D eigenvalue weighted by Crippen LogP contribution is 2.16. The molecular weight excluding hydrogens is 258 g/mol. The Morgan fingerprint density at radius 1 is 1.60 bits per heavy atom. The zero-order valence-electron chi connectivity index (χ0n) is 11.2. The maximum Gasteiger partial charge on any atom is 0.270 e. The third-order valence-corrected chi connectivity index (χ3v) is 3.73. The number of amides is 1. The van der Waals surface area contributed by atoms with E-state index in [1.54, 1.807) is 12.3 Å². The summed E-state index contributed by atoms with van der Waals surface area (Å²) in [6.45, 7) is 1.15. The van der Waals surface area contributed by atoms with E-state index in [0.29, 0.717) is 36.2 Å². The Kier molecular flexibility index (Phi) is 3.37. The Labute approximate surface area is 116 Å². The standard InChI is InChI=1S/C13H17N5O2/c1-18-6-9(19)4-8(18)5-15-13(20)11-10-2-3-14-12(10)17-7-16-11/h2-3,7-9,19H,4-6H2,1H3,(H,15,20)(H,14,16,17). The molecule has 2 atom stereocenters. The molecule has 2 unspecified atom stereocenters. The average Bonchev–Trinajstić information content (AvgIpc) is 3.01. The Hall–Kier alpha value is -1.99. The lowest BCUT2D eigenvalue weighted by molar-refractivity contribution is 0.0940. The Morgan fingerprint density at radius 2 is 2.45 bits per heavy atom. The normalized spacial score (nSPS) is 23.3. The van der Waals surface area contributed by atoms with Gasteiger partial charge in [-0.25, -0.2) is 9.97 Å². The van der Waals surface area contributed by atoms with Gasteiger partial charge in [-0.3, -0.25) is 9.69 Å². The predicted octanol–water partition coefficient (Wildman–Crippen LogP) is -0.247. The third kappa shape index (κ3) is 2.37. The van der Waals surface area contributed by atoms with Crippen LogP contribution < -0.4 is 5.32 Å². The molecule has 3 rings (SSSR count). The molecule has 2 aromatic rings. The Bertz CT molecular complexity index is 626. The summed E-state index contributed by atoms with van der Waals surface area (Å²) in [6, 6.07) is 1.95. The molecule has 0 aromatic carbocycles. The van der Waals surface area contributed by atoms with Crippen LogP contribution in [0.4, 0.5) is 0 Å². The van der Waals surface area contributed by atoms with E-state index < -0.39 is 0 Å². The lowest BCUT2D eigenvalue weighted by Crippen LogP contribution is -2.38. The Balaban J connectivity index is 1.69. The number of hydrogen-bond acceptors (Lipinski definition) is 5. The maximum absolute atomic E-state index is 12.2. The number of H-pyrrole nitrogens is 1. The van der Waals surface area contributed by atoms with Crippen LogP contribution >= 0.6 is 0 Å². The number of aromatic nitrogens is 3. The average molecular weight is 275 g/mol. The minimum Gasteiger partial charge on any atom is -0.392 e. The number of hydrogen-bond donors (Lipinski definition) is 3. The first kappa shape index (κ1) is 13.0. The summed E-state index contributed by atoms with van der Waals surface area (Å²) >= 11 is 0. The monoisotopic (exact) mass is 275 g/mol. The lowest BCUT2D eigenvalue weighted by Gasteiger charge is -2.19. The number of β-amino-alcohol motifs (C(OH)–C–C–N with tert-alkyl or cyclic N) is 1. The molecule has 1 saturated heterocycles. The third-order valence-electron chi connectivity index (χ3n) is 3.73. The first-order valence-corrected chi connectivity index (χ1v) is 6.59. The zero-order chi connectivity index (χ0) is 14.1. The minimum atomic E-state index is -0.308. The first-order chi connectivity index (χ1) is 9.65. The van der Waals surface area contributed by atoms with Gasteiger partial charge in [0.1, 0.15) is 17.7 Å². The molecule has 1 fully saturated rings. The van der Waals surface area contributed by atoms with Crippen LogP contribution in [0.5, 0.6) is 0 Å². The van der Waals surface area contributed by atoms with Gasteiger partial charge in [0.2, 0.25) is 0 Å². The van der Waals surface area contributed by atoms with Gasteiger partial charge in [-0.1, -0.05) is 0 Å². The number of nitrogens with zero attached hydrogens (tertiary/aromatic N) is 3. The van der Waals surface area contributed by atoms with Gasteiger partial charge in [-0.2, -0.15) is 0 Å². The summed E-state index contributed by atoms with van der Waals surface area (Å²) in [4.78, 5) is 25.3. The van der Waals surface area contributed by atoms with Crippen LogP contribution in [-0.2, 0) is 0 Å². The van der Waals surface area contributed by atoms with Crippen molar-refractivity contribution in [1.29, 1.82) is 0 Å². The Morgan fingerprint density at radius 3 is 3.20 bits per heavy atom. The van der Waals surface area contributed by atoms with Gasteiger partial charge in [0, 0.05) is 25.3 Å². The van der Waals surface area contributed by atoms with Crippen molar-refractivity contribution in [2.45, 2.75) is 18.6 Å². The van der Waals surface area contributed by atoms with Crippen molar-refractivity contribution in [2.24, 2.45) is 0 Å². The number of likely N-dealkylation sites (tertiary alicyclic amines) is 1. The molecule has 3 heterocycles. The summed E-state index contributed by atoms with van der Waals surface area (Å²) in [6.07, 6.45) is 3.48. The van der Waals surface area contributed by atoms with Gasteiger partial charge in [0.15, 0.2) is 0 Å². The van der Waals surface area contributed by atoms with E-state index in [0.717, 1.165) is 0 Å². The number of aliphatic hydroxyl groups excluding tert-OH is 1. The summed E-state index contributed by atoms with van der Waals surface area (Å²) in [5, 5.41) is 13.2. The molecule has 0 radical (unpaired) electrons. The highest BCUT2D eigenvalue weighted by molar-refractivity contribution is 6.03. The van der Waals surface area contributed by atoms with Crippen LogP contribution in [0.1, 0.15) is 16.9 Å². The van der Waals surface area contributed by atoms with Crippen molar-refractivity contribution < 1.29 is 9.90 Å². The number of aliphatic hydroxyl groups is 1. The van der Waals surface area contributed by atoms with Crippen molar-refractivity contribution in [3.63, 3.8) is 0 Å². The number of fused-ring (bicyclic) bond motifs is 1. The summed E-state index contributed by atoms with van der Waals surface area (Å²) in [5.41, 5.74) is 1.02. The van der Waals surface area contributed by atoms with Crippen LogP contribution in [0.25, 0.3) is 11.0 Å². The van der Waals surface area contributed by atoms with Gasteiger partial charge in [0.05, 0.1) is 11.5 Å². The topological polar surface area (TPSA) is 94.1 Å². The minimum absolute atomic E-state index is 0.164. The molecule has 7 heteroatoms. The van der Waals surface area contributed by atoms with Crippen LogP contribution in [0, 0.1) is 0 Å². The SMILES string of the molecule is CN1CC(O)CC1CNC(=O)c1ncnc2[nH]ccc12. The number of likely N-dealkylation sites (N-methyl/N-ethyl adjacent to an activating group) is 1. The lowest BCUT2D eigenvalue weighted by atomic mass is 10.2. The highest BCUT2D eigenvalue weighted by Gasteiger charge is 2.28. The molecule has 0 aliphatic carbocycles. The summed E-state index contributed by atoms with van der Waals surface area (Å²) < 4.78 is 0. The summed E-state index contributed by atoms with van der Waals surface area (Å²) in [5.74, 6) is -0.216. The van der Waals surface area contributed by atoms with Crippen molar-refractivity contribution in [3.8, 4) is 0 Å². The molecule has 2 aromatic heterocycles. The van der Waals surface area contributed by atoms with E-state index in [1.165, 1.54) is 6.33 Å². The smallest absolute Gasteiger partial charge is 0.270 e. The van der Waals surface area contributed by atoms with Crippen molar-refractivity contribution in [3.05, 3.63) is 24.3 Å². The predicted molar refractivity (Wildman–Crippen MR) is 73.3 cm³/mol. The van der Waals surface area contributed by atoms with E-state index in [-0.39, 0.29) is 18.1 Å². The molecule has 1 aliphatic rings. The van der Waals surface area contributed by atoms with E-state index in [4.69, 9.17) is 0 Å². The number of nitrogens with one attached hydrogen (secondary N) is 2. The van der Waals surface area contributed by atoms with Gasteiger partial charge in [-0.05, 0) is 19.5 Å². The molecule has 3 N–H and O–H groups in total. The van der Waals surface area contributed by atoms with E-state index >= 15 is 0 Å². The second-order valence-electron chi connectivity index (χ2n) is 5.16. The number of rotatable bonds is 3. The largest absolute Gasteiger partial charge is 0.392 e. The van der Waals surface area contributed by atoms with E-state index in [2.05, 4.69) is 25.2 Å². The van der Waals surface area contributed by atoms with Crippen LogP contribution in [-0.4, -0.2) is 63.1 Å². The van der Waals surface area contributed by atoms with Crippen LogP contribution in [0.2, 0.25) is 0 Å². The molecule has 0 saturated carbocycles. The molecule has 0 bridgehead atoms.